The lowest BCUT2D eigenvalue weighted by atomic mass is 9.99. The summed E-state index contributed by atoms with van der Waals surface area (Å²) in [5.41, 5.74) is 5.64. The fourth-order valence-electron chi connectivity index (χ4n) is 4.38. The number of rotatable bonds is 10. The highest BCUT2D eigenvalue weighted by Crippen LogP contribution is 2.32. The number of esters is 1. The predicted octanol–water partition coefficient (Wildman–Crippen LogP) is 7.20. The van der Waals surface area contributed by atoms with Gasteiger partial charge in [-0.25, -0.2) is 4.79 Å². The molecule has 1 aromatic heterocycles. The van der Waals surface area contributed by atoms with E-state index in [1.807, 2.05) is 69.3 Å². The maximum Gasteiger partial charge on any atom is 0.407 e. The summed E-state index contributed by atoms with van der Waals surface area (Å²) in [5, 5.41) is 11.8. The Morgan fingerprint density at radius 3 is 2.54 bits per heavy atom. The normalized spacial score (nSPS) is 11.2. The molecule has 4 rings (SSSR count). The zero-order valence-electron chi connectivity index (χ0n) is 24.1. The SMILES string of the molecule is CCOC(=O)Cc1ccc(C(C)=N)cc1OCc1cc(-c2cccc(CNC(=O)OC(C)(C)C)c2)c2occc2c1. The topological polar surface area (TPSA) is 111 Å². The van der Waals surface area contributed by atoms with Gasteiger partial charge in [0.05, 0.1) is 19.3 Å². The van der Waals surface area contributed by atoms with Crippen LogP contribution in [-0.2, 0) is 33.8 Å². The minimum Gasteiger partial charge on any atom is -0.489 e. The smallest absolute Gasteiger partial charge is 0.407 e. The van der Waals surface area contributed by atoms with Crippen LogP contribution in [0.5, 0.6) is 5.75 Å². The lowest BCUT2D eigenvalue weighted by Crippen LogP contribution is -2.32. The second-order valence-electron chi connectivity index (χ2n) is 10.8. The lowest BCUT2D eigenvalue weighted by Gasteiger charge is -2.19. The van der Waals surface area contributed by atoms with E-state index in [0.29, 0.717) is 30.2 Å². The van der Waals surface area contributed by atoms with Gasteiger partial charge in [-0.3, -0.25) is 4.79 Å². The molecule has 8 heteroatoms. The van der Waals surface area contributed by atoms with Crippen LogP contribution in [0.25, 0.3) is 22.1 Å². The number of furan rings is 1. The third-order valence-corrected chi connectivity index (χ3v) is 6.22. The number of alkyl carbamates (subject to hydrolysis) is 1. The summed E-state index contributed by atoms with van der Waals surface area (Å²) in [6.45, 7) is 9.82. The van der Waals surface area contributed by atoms with Crippen molar-refractivity contribution in [2.24, 2.45) is 0 Å². The average Bonchev–Trinajstić information content (AvgIpc) is 3.39. The number of carbonyl (C=O) groups is 2. The highest BCUT2D eigenvalue weighted by Gasteiger charge is 2.17. The number of fused-ring (bicyclic) bond motifs is 1. The van der Waals surface area contributed by atoms with Crippen molar-refractivity contribution in [2.45, 2.75) is 59.8 Å². The molecule has 0 aliphatic rings. The van der Waals surface area contributed by atoms with Crippen LogP contribution in [0.3, 0.4) is 0 Å². The third kappa shape index (κ3) is 7.97. The Morgan fingerprint density at radius 2 is 1.80 bits per heavy atom. The van der Waals surface area contributed by atoms with Gasteiger partial charge in [-0.05, 0) is 87.2 Å². The first kappa shape index (κ1) is 29.4. The highest BCUT2D eigenvalue weighted by molar-refractivity contribution is 5.97. The minimum absolute atomic E-state index is 0.0800. The molecule has 0 saturated carbocycles. The van der Waals surface area contributed by atoms with Gasteiger partial charge in [-0.2, -0.15) is 0 Å². The molecule has 2 N–H and O–H groups in total. The van der Waals surface area contributed by atoms with Crippen molar-refractivity contribution in [3.8, 4) is 16.9 Å². The van der Waals surface area contributed by atoms with Gasteiger partial charge in [0, 0.05) is 28.8 Å². The average molecular weight is 557 g/mol. The zero-order chi connectivity index (χ0) is 29.6. The van der Waals surface area contributed by atoms with Gasteiger partial charge in [0.1, 0.15) is 23.5 Å². The summed E-state index contributed by atoms with van der Waals surface area (Å²) >= 11 is 0. The van der Waals surface area contributed by atoms with Crippen molar-refractivity contribution in [3.05, 3.63) is 89.2 Å². The molecular weight excluding hydrogens is 520 g/mol. The van der Waals surface area contributed by atoms with Gasteiger partial charge >= 0.3 is 12.1 Å². The Morgan fingerprint density at radius 1 is 1.00 bits per heavy atom. The summed E-state index contributed by atoms with van der Waals surface area (Å²) in [6.07, 6.45) is 1.26. The van der Waals surface area contributed by atoms with Crippen molar-refractivity contribution in [3.63, 3.8) is 0 Å². The van der Waals surface area contributed by atoms with Crippen LogP contribution in [0.15, 0.2) is 71.3 Å². The van der Waals surface area contributed by atoms with Gasteiger partial charge in [-0.1, -0.05) is 30.3 Å². The summed E-state index contributed by atoms with van der Waals surface area (Å²) in [4.78, 5) is 24.3. The molecule has 0 atom stereocenters. The van der Waals surface area contributed by atoms with Gasteiger partial charge < -0.3 is 29.4 Å². The van der Waals surface area contributed by atoms with Crippen LogP contribution in [0.2, 0.25) is 0 Å². The zero-order valence-corrected chi connectivity index (χ0v) is 24.1. The van der Waals surface area contributed by atoms with Crippen molar-refractivity contribution in [1.82, 2.24) is 5.32 Å². The van der Waals surface area contributed by atoms with E-state index in [9.17, 15) is 9.59 Å². The van der Waals surface area contributed by atoms with Crippen LogP contribution < -0.4 is 10.1 Å². The number of hydrogen-bond acceptors (Lipinski definition) is 7. The van der Waals surface area contributed by atoms with Crippen LogP contribution in [0, 0.1) is 5.41 Å². The van der Waals surface area contributed by atoms with Gasteiger partial charge in [0.2, 0.25) is 0 Å². The molecule has 214 valence electrons. The largest absolute Gasteiger partial charge is 0.489 e. The molecule has 4 aromatic rings. The summed E-state index contributed by atoms with van der Waals surface area (Å²) < 4.78 is 22.6. The number of carbonyl (C=O) groups excluding carboxylic acids is 2. The van der Waals surface area contributed by atoms with Crippen LogP contribution in [0.1, 0.15) is 56.9 Å². The fraction of sp³-hybridized carbons (Fsp3) is 0.303. The molecule has 0 aliphatic heterocycles. The number of nitrogens with one attached hydrogen (secondary N) is 2. The third-order valence-electron chi connectivity index (χ3n) is 6.22. The first-order valence-electron chi connectivity index (χ1n) is 13.6. The molecule has 0 radical (unpaired) electrons. The summed E-state index contributed by atoms with van der Waals surface area (Å²) in [5.74, 6) is 0.200. The number of ether oxygens (including phenoxy) is 3. The maximum atomic E-state index is 12.2. The Balaban J connectivity index is 1.58. The second kappa shape index (κ2) is 12.7. The maximum absolute atomic E-state index is 12.2. The molecule has 0 saturated heterocycles. The molecule has 41 heavy (non-hydrogen) atoms. The lowest BCUT2D eigenvalue weighted by molar-refractivity contribution is -0.142. The van der Waals surface area contributed by atoms with E-state index < -0.39 is 11.7 Å². The molecule has 1 amide bonds. The van der Waals surface area contributed by atoms with Crippen molar-refractivity contribution < 1.29 is 28.2 Å². The van der Waals surface area contributed by atoms with E-state index in [0.717, 1.165) is 38.8 Å². The Kier molecular flexibility index (Phi) is 9.12. The van der Waals surface area contributed by atoms with Crippen molar-refractivity contribution in [2.75, 3.05) is 6.61 Å². The van der Waals surface area contributed by atoms with E-state index in [4.69, 9.17) is 24.0 Å². The van der Waals surface area contributed by atoms with Crippen molar-refractivity contribution in [1.29, 1.82) is 5.41 Å². The molecule has 3 aromatic carbocycles. The number of amides is 1. The number of benzene rings is 3. The predicted molar refractivity (Wildman–Crippen MR) is 158 cm³/mol. The fourth-order valence-corrected chi connectivity index (χ4v) is 4.38. The Labute approximate surface area is 240 Å². The minimum atomic E-state index is -0.571. The molecule has 0 unspecified atom stereocenters. The molecule has 0 aliphatic carbocycles. The number of hydrogen-bond donors (Lipinski definition) is 2. The van der Waals surface area contributed by atoms with Crippen molar-refractivity contribution >= 4 is 28.7 Å². The van der Waals surface area contributed by atoms with Crippen LogP contribution in [0.4, 0.5) is 4.79 Å². The first-order chi connectivity index (χ1) is 19.5. The molecule has 8 nitrogen and oxygen atoms in total. The van der Waals surface area contributed by atoms with Crippen LogP contribution in [-0.4, -0.2) is 30.0 Å². The monoisotopic (exact) mass is 556 g/mol. The molecular formula is C33H36N2O6. The van der Waals surface area contributed by atoms with Gasteiger partial charge in [0.15, 0.2) is 0 Å². The first-order valence-corrected chi connectivity index (χ1v) is 13.6. The van der Waals surface area contributed by atoms with E-state index in [1.54, 1.807) is 32.2 Å². The summed E-state index contributed by atoms with van der Waals surface area (Å²) in [7, 11) is 0. The summed E-state index contributed by atoms with van der Waals surface area (Å²) in [6, 6.07) is 19.2. The molecule has 0 bridgehead atoms. The van der Waals surface area contributed by atoms with E-state index in [-0.39, 0.29) is 19.0 Å². The van der Waals surface area contributed by atoms with E-state index in [2.05, 4.69) is 5.32 Å². The Bertz CT molecular complexity index is 1560. The highest BCUT2D eigenvalue weighted by atomic mass is 16.6. The molecule has 0 fully saturated rings. The standard InChI is InChI=1S/C33H36N2O6/c1-6-38-30(36)18-26-11-10-24(21(2)34)17-29(26)40-20-23-15-27-12-13-39-31(27)28(16-23)25-9-7-8-22(14-25)19-35-32(37)41-33(3,4)5/h7-17,34H,6,18-20H2,1-5H3,(H,35,37). The Hall–Kier alpha value is -4.59. The molecule has 0 spiro atoms. The van der Waals surface area contributed by atoms with Gasteiger partial charge in [0.25, 0.3) is 0 Å². The van der Waals surface area contributed by atoms with E-state index in [1.165, 1.54) is 0 Å². The molecule has 1 heterocycles. The quantitative estimate of drug-likeness (QED) is 0.158. The second-order valence-corrected chi connectivity index (χ2v) is 10.8. The van der Waals surface area contributed by atoms with Gasteiger partial charge in [-0.15, -0.1) is 0 Å². The van der Waals surface area contributed by atoms with Crippen LogP contribution >= 0.6 is 0 Å². The van der Waals surface area contributed by atoms with E-state index >= 15 is 0 Å².